The van der Waals surface area contributed by atoms with E-state index in [-0.39, 0.29) is 5.91 Å². The number of hydrogen-bond acceptors (Lipinski definition) is 4. The van der Waals surface area contributed by atoms with Crippen molar-refractivity contribution in [3.8, 4) is 11.5 Å². The van der Waals surface area contributed by atoms with Crippen molar-refractivity contribution in [2.24, 2.45) is 0 Å². The van der Waals surface area contributed by atoms with Crippen molar-refractivity contribution >= 4 is 35.0 Å². The first-order chi connectivity index (χ1) is 14.3. The van der Waals surface area contributed by atoms with Crippen molar-refractivity contribution in [3.63, 3.8) is 0 Å². The fourth-order valence-electron chi connectivity index (χ4n) is 3.49. The second-order valence-electron chi connectivity index (χ2n) is 7.54. The smallest absolute Gasteiger partial charge is 0.281 e. The molecule has 0 saturated carbocycles. The Kier molecular flexibility index (Phi) is 6.46. The molecule has 3 rings (SSSR count). The van der Waals surface area contributed by atoms with Gasteiger partial charge in [-0.1, -0.05) is 13.8 Å². The molecule has 0 bridgehead atoms. The summed E-state index contributed by atoms with van der Waals surface area (Å²) in [4.78, 5) is 16.6. The lowest BCUT2D eigenvalue weighted by Gasteiger charge is -2.17. The van der Waals surface area contributed by atoms with Crippen LogP contribution in [0, 0.1) is 6.92 Å². The largest absolute Gasteiger partial charge is 0.496 e. The van der Waals surface area contributed by atoms with Gasteiger partial charge in [-0.2, -0.15) is 0 Å². The van der Waals surface area contributed by atoms with Crippen LogP contribution in [0.1, 0.15) is 43.4 Å². The van der Waals surface area contributed by atoms with E-state index in [0.717, 1.165) is 33.9 Å². The average molecular weight is 425 g/mol. The Morgan fingerprint density at radius 2 is 1.83 bits per heavy atom. The maximum Gasteiger partial charge on any atom is 0.281 e. The van der Waals surface area contributed by atoms with Crippen LogP contribution >= 0.6 is 12.2 Å². The zero-order valence-corrected chi connectivity index (χ0v) is 19.2. The number of carbonyl (C=O) groups excluding carboxylic acids is 1. The van der Waals surface area contributed by atoms with Crippen LogP contribution in [0.4, 0.5) is 5.69 Å². The Bertz CT molecular complexity index is 996. The van der Waals surface area contributed by atoms with Crippen LogP contribution in [0.25, 0.3) is 6.08 Å². The molecule has 1 heterocycles. The SMILES string of the molecule is CCOc1ccc(N2C(=O)/C(=C/c3cc(C(C)C)c(OC)cc3C)N(C)C2=S)cc1. The van der Waals surface area contributed by atoms with Gasteiger partial charge in [-0.3, -0.25) is 9.69 Å². The predicted molar refractivity (Wildman–Crippen MR) is 125 cm³/mol. The molecule has 1 amide bonds. The Morgan fingerprint density at radius 3 is 2.40 bits per heavy atom. The van der Waals surface area contributed by atoms with Gasteiger partial charge < -0.3 is 14.4 Å². The van der Waals surface area contributed by atoms with Crippen LogP contribution in [-0.2, 0) is 4.79 Å². The number of anilines is 1. The van der Waals surface area contributed by atoms with Gasteiger partial charge in [0, 0.05) is 7.05 Å². The molecule has 0 radical (unpaired) electrons. The molecule has 30 heavy (non-hydrogen) atoms. The Hall–Kier alpha value is -2.86. The third-order valence-electron chi connectivity index (χ3n) is 5.20. The first kappa shape index (κ1) is 21.8. The Labute approximate surface area is 183 Å². The number of likely N-dealkylation sites (N-methyl/N-ethyl adjacent to an activating group) is 1. The Morgan fingerprint density at radius 1 is 1.17 bits per heavy atom. The van der Waals surface area contributed by atoms with Crippen LogP contribution in [-0.4, -0.2) is 36.7 Å². The van der Waals surface area contributed by atoms with Crippen molar-refractivity contribution in [3.05, 3.63) is 58.8 Å². The number of thiocarbonyl (C=S) groups is 1. The lowest BCUT2D eigenvalue weighted by Crippen LogP contribution is -2.31. The van der Waals surface area contributed by atoms with E-state index in [9.17, 15) is 4.79 Å². The molecule has 1 fully saturated rings. The molecule has 1 aliphatic rings. The standard InChI is InChI=1S/C24H28N2O3S/c1-7-29-19-10-8-18(9-11-19)26-23(27)21(25(5)24(26)30)14-17-13-20(15(2)3)22(28-6)12-16(17)4/h8-15H,7H2,1-6H3/b21-14-. The van der Waals surface area contributed by atoms with Crippen molar-refractivity contribution in [2.75, 3.05) is 25.7 Å². The molecule has 0 atom stereocenters. The van der Waals surface area contributed by atoms with Crippen molar-refractivity contribution in [1.29, 1.82) is 0 Å². The minimum atomic E-state index is -0.145. The van der Waals surface area contributed by atoms with Gasteiger partial charge in [-0.15, -0.1) is 0 Å². The van der Waals surface area contributed by atoms with Crippen LogP contribution in [0.3, 0.4) is 0 Å². The maximum absolute atomic E-state index is 13.3. The highest BCUT2D eigenvalue weighted by molar-refractivity contribution is 7.80. The van der Waals surface area contributed by atoms with Gasteiger partial charge in [-0.05, 0) is 91.1 Å². The van der Waals surface area contributed by atoms with E-state index < -0.39 is 0 Å². The molecule has 0 aliphatic carbocycles. The maximum atomic E-state index is 13.3. The minimum absolute atomic E-state index is 0.145. The molecule has 0 aromatic heterocycles. The summed E-state index contributed by atoms with van der Waals surface area (Å²) in [5.74, 6) is 1.78. The lowest BCUT2D eigenvalue weighted by molar-refractivity contribution is -0.114. The van der Waals surface area contributed by atoms with E-state index in [2.05, 4.69) is 19.9 Å². The van der Waals surface area contributed by atoms with Crippen LogP contribution in [0.15, 0.2) is 42.1 Å². The topological polar surface area (TPSA) is 42.0 Å². The highest BCUT2D eigenvalue weighted by atomic mass is 32.1. The summed E-state index contributed by atoms with van der Waals surface area (Å²) >= 11 is 5.58. The second kappa shape index (κ2) is 8.88. The summed E-state index contributed by atoms with van der Waals surface area (Å²) in [5.41, 5.74) is 4.38. The fourth-order valence-corrected chi connectivity index (χ4v) is 3.78. The van der Waals surface area contributed by atoms with Crippen molar-refractivity contribution in [2.45, 2.75) is 33.6 Å². The van der Waals surface area contributed by atoms with E-state index in [0.29, 0.717) is 23.3 Å². The molecule has 6 heteroatoms. The first-order valence-corrected chi connectivity index (χ1v) is 10.4. The van der Waals surface area contributed by atoms with Gasteiger partial charge >= 0.3 is 0 Å². The number of nitrogens with zero attached hydrogens (tertiary/aromatic N) is 2. The quantitative estimate of drug-likeness (QED) is 0.475. The molecule has 0 spiro atoms. The van der Waals surface area contributed by atoms with Gasteiger partial charge in [-0.25, -0.2) is 0 Å². The number of benzene rings is 2. The van der Waals surface area contributed by atoms with Crippen LogP contribution in [0.5, 0.6) is 11.5 Å². The van der Waals surface area contributed by atoms with Gasteiger partial charge in [0.2, 0.25) is 0 Å². The molecule has 0 unspecified atom stereocenters. The molecule has 2 aromatic rings. The van der Waals surface area contributed by atoms with Crippen molar-refractivity contribution < 1.29 is 14.3 Å². The molecule has 5 nitrogen and oxygen atoms in total. The van der Waals surface area contributed by atoms with Gasteiger partial charge in [0.05, 0.1) is 19.4 Å². The zero-order chi connectivity index (χ0) is 22.0. The molecule has 158 valence electrons. The summed E-state index contributed by atoms with van der Waals surface area (Å²) in [7, 11) is 3.50. The molecular weight excluding hydrogens is 396 g/mol. The van der Waals surface area contributed by atoms with E-state index in [4.69, 9.17) is 21.7 Å². The third kappa shape index (κ3) is 4.05. The molecule has 1 aliphatic heterocycles. The predicted octanol–water partition coefficient (Wildman–Crippen LogP) is 5.13. The Balaban J connectivity index is 1.99. The normalized spacial score (nSPS) is 15.5. The average Bonchev–Trinajstić information content (AvgIpc) is 2.93. The molecule has 0 N–H and O–H groups in total. The number of carbonyl (C=O) groups is 1. The van der Waals surface area contributed by atoms with Gasteiger partial charge in [0.1, 0.15) is 17.2 Å². The summed E-state index contributed by atoms with van der Waals surface area (Å²) < 4.78 is 11.0. The summed E-state index contributed by atoms with van der Waals surface area (Å²) in [6.07, 6.45) is 1.91. The van der Waals surface area contributed by atoms with Crippen molar-refractivity contribution in [1.82, 2.24) is 4.90 Å². The number of methoxy groups -OCH3 is 1. The highest BCUT2D eigenvalue weighted by Gasteiger charge is 2.36. The summed E-state index contributed by atoms with van der Waals surface area (Å²) in [6.45, 7) is 8.79. The van der Waals surface area contributed by atoms with Crippen LogP contribution in [0.2, 0.25) is 0 Å². The number of ether oxygens (including phenoxy) is 2. The van der Waals surface area contributed by atoms with E-state index >= 15 is 0 Å². The van der Waals surface area contributed by atoms with Crippen LogP contribution < -0.4 is 14.4 Å². The van der Waals surface area contributed by atoms with E-state index in [1.165, 1.54) is 0 Å². The van der Waals surface area contributed by atoms with Gasteiger partial charge in [0.25, 0.3) is 5.91 Å². The zero-order valence-electron chi connectivity index (χ0n) is 18.4. The first-order valence-electron chi connectivity index (χ1n) is 10.0. The lowest BCUT2D eigenvalue weighted by atomic mass is 9.96. The molecule has 1 saturated heterocycles. The highest BCUT2D eigenvalue weighted by Crippen LogP contribution is 2.33. The second-order valence-corrected chi connectivity index (χ2v) is 7.91. The summed E-state index contributed by atoms with van der Waals surface area (Å²) in [6, 6.07) is 11.5. The van der Waals surface area contributed by atoms with E-state index in [1.807, 2.05) is 57.3 Å². The molecular formula is C24H28N2O3S. The summed E-state index contributed by atoms with van der Waals surface area (Å²) in [5, 5.41) is 0.450. The fraction of sp³-hybridized carbons (Fsp3) is 0.333. The van der Waals surface area contributed by atoms with E-state index in [1.54, 1.807) is 16.9 Å². The van der Waals surface area contributed by atoms with Gasteiger partial charge in [0.15, 0.2) is 5.11 Å². The number of rotatable bonds is 6. The number of hydrogen-bond donors (Lipinski definition) is 0. The molecule has 2 aromatic carbocycles. The number of aryl methyl sites for hydroxylation is 1. The third-order valence-corrected chi connectivity index (χ3v) is 5.66. The monoisotopic (exact) mass is 424 g/mol. The minimum Gasteiger partial charge on any atom is -0.496 e. The number of amides is 1.